The number of aliphatic hydroxyl groups is 1. The van der Waals surface area contributed by atoms with Gasteiger partial charge in [0, 0.05) is 29.4 Å². The van der Waals surface area contributed by atoms with Gasteiger partial charge < -0.3 is 45.2 Å². The van der Waals surface area contributed by atoms with Crippen LogP contribution in [-0.2, 0) is 23.7 Å². The van der Waals surface area contributed by atoms with E-state index in [1.54, 1.807) is 35.1 Å². The lowest BCUT2D eigenvalue weighted by Crippen LogP contribution is -2.33. The number of halogens is 1. The maximum absolute atomic E-state index is 12.9. The second-order valence-electron chi connectivity index (χ2n) is 10.6. The number of rotatable bonds is 19. The minimum atomic E-state index is -1.94. The zero-order chi connectivity index (χ0) is 32.4. The number of benzene rings is 1. The monoisotopic (exact) mass is 658 g/mol. The van der Waals surface area contributed by atoms with Crippen LogP contribution in [0.25, 0.3) is 0 Å². The van der Waals surface area contributed by atoms with Gasteiger partial charge in [0.25, 0.3) is 12.4 Å². The molecule has 0 aliphatic carbocycles. The Morgan fingerprint density at radius 3 is 2.80 bits per heavy atom. The van der Waals surface area contributed by atoms with Crippen molar-refractivity contribution in [3.05, 3.63) is 29.8 Å². The molecule has 1 heterocycles. The Labute approximate surface area is 267 Å². The molecule has 16 heteroatoms. The molecule has 1 aromatic carbocycles. The molecule has 0 bridgehead atoms. The fourth-order valence-corrected chi connectivity index (χ4v) is 5.92. The molecule has 7 N–H and O–H groups in total. The van der Waals surface area contributed by atoms with Gasteiger partial charge in [-0.3, -0.25) is 15.3 Å². The molecule has 0 spiro atoms. The second-order valence-corrected chi connectivity index (χ2v) is 13.8. The largest absolute Gasteiger partial charge is 0.490 e. The lowest BCUT2D eigenvalue weighted by atomic mass is 9.71. The summed E-state index contributed by atoms with van der Waals surface area (Å²) in [6, 6.07) is 6.57. The molecule has 1 aliphatic rings. The first kappa shape index (κ1) is 38.1. The Kier molecular flexibility index (Phi) is 18.1. The summed E-state index contributed by atoms with van der Waals surface area (Å²) in [5, 5.41) is 14.7. The first-order chi connectivity index (χ1) is 21.0. The fourth-order valence-electron chi connectivity index (χ4n) is 3.73. The highest BCUT2D eigenvalue weighted by Crippen LogP contribution is 2.38. The number of alkyl halides is 1. The van der Waals surface area contributed by atoms with E-state index in [2.05, 4.69) is 43.1 Å². The predicted molar refractivity (Wildman–Crippen MR) is 171 cm³/mol. The van der Waals surface area contributed by atoms with Crippen LogP contribution < -0.4 is 26.8 Å². The zero-order valence-corrected chi connectivity index (χ0v) is 27.1. The Hall–Kier alpha value is -2.07. The number of amides is 2. The standard InChI is InChI=1S/C28H44BFN4O8S2/c1-28(2,3)44-43-25(18-40-20-7-4-6-19(14-20)26(37)34-11-9-31)39-13-12-38-17-24(36)33-10-5-8-29-23-15-21(42-27(30)32)22(16-35)41-23/h4,6-7,14,21-23,25,27,29,35H,9-13,15-18,31-32H2,1-3H3,(H,33,36)(H,34,37)/t21-,22?,23-,25?,27-/m1/s1. The molecule has 2 rings (SSSR count). The summed E-state index contributed by atoms with van der Waals surface area (Å²) in [7, 11) is 3.54. The molecule has 2 unspecified atom stereocenters. The maximum atomic E-state index is 12.9. The molecule has 1 aliphatic heterocycles. The highest BCUT2D eigenvalue weighted by Gasteiger charge is 2.36. The Bertz CT molecular complexity index is 1080. The summed E-state index contributed by atoms with van der Waals surface area (Å²) >= 11 is 0. The van der Waals surface area contributed by atoms with Crippen LogP contribution in [-0.4, -0.2) is 112 Å². The number of hydrogen-bond donors (Lipinski definition) is 5. The summed E-state index contributed by atoms with van der Waals surface area (Å²) < 4.78 is 40.8. The number of carbonyl (C=O) groups excluding carboxylic acids is 2. The summed E-state index contributed by atoms with van der Waals surface area (Å²) in [6.07, 6.45) is -0.923. The molecule has 5 atom stereocenters. The van der Waals surface area contributed by atoms with E-state index >= 15 is 0 Å². The van der Waals surface area contributed by atoms with Crippen molar-refractivity contribution in [1.82, 2.24) is 10.6 Å². The van der Waals surface area contributed by atoms with Crippen molar-refractivity contribution in [2.75, 3.05) is 52.7 Å². The average molecular weight is 659 g/mol. The number of nitrogens with two attached hydrogens (primary N) is 2. The van der Waals surface area contributed by atoms with E-state index in [0.717, 1.165) is 0 Å². The van der Waals surface area contributed by atoms with Gasteiger partial charge in [-0.1, -0.05) is 54.3 Å². The van der Waals surface area contributed by atoms with Crippen LogP contribution in [0.4, 0.5) is 4.39 Å². The molecular weight excluding hydrogens is 614 g/mol. The smallest absolute Gasteiger partial charge is 0.253 e. The van der Waals surface area contributed by atoms with Crippen LogP contribution in [0.1, 0.15) is 37.6 Å². The lowest BCUT2D eigenvalue weighted by Gasteiger charge is -2.22. The topological polar surface area (TPSA) is 177 Å². The van der Waals surface area contributed by atoms with E-state index < -0.39 is 18.7 Å². The molecule has 246 valence electrons. The van der Waals surface area contributed by atoms with Gasteiger partial charge in [-0.25, -0.2) is 0 Å². The normalized spacial score (nSPS) is 19.4. The van der Waals surface area contributed by atoms with Crippen LogP contribution in [0.15, 0.2) is 24.3 Å². The minimum Gasteiger partial charge on any atom is -0.490 e. The Morgan fingerprint density at radius 1 is 1.30 bits per heavy atom. The third kappa shape index (κ3) is 16.3. The molecular formula is C28H44BFN4O8S2. The van der Waals surface area contributed by atoms with Crippen molar-refractivity contribution >= 4 is 40.7 Å². The molecule has 1 fully saturated rings. The Balaban J connectivity index is 1.68. The van der Waals surface area contributed by atoms with Gasteiger partial charge in [-0.15, -0.1) is 0 Å². The number of aliphatic hydroxyl groups excluding tert-OH is 1. The van der Waals surface area contributed by atoms with Crippen molar-refractivity contribution in [2.24, 2.45) is 11.5 Å². The number of ether oxygens (including phenoxy) is 5. The molecule has 0 saturated carbocycles. The third-order valence-electron chi connectivity index (χ3n) is 5.67. The first-order valence-corrected chi connectivity index (χ1v) is 16.5. The fraction of sp³-hybridized carbons (Fsp3) is 0.643. The van der Waals surface area contributed by atoms with Gasteiger partial charge in [-0.2, -0.15) is 10.2 Å². The minimum absolute atomic E-state index is 0.00293. The third-order valence-corrected chi connectivity index (χ3v) is 9.19. The summed E-state index contributed by atoms with van der Waals surface area (Å²) in [5.74, 6) is 5.73. The van der Waals surface area contributed by atoms with Crippen LogP contribution in [0.2, 0.25) is 0 Å². The van der Waals surface area contributed by atoms with Crippen LogP contribution in [0.3, 0.4) is 0 Å². The van der Waals surface area contributed by atoms with E-state index in [4.69, 9.17) is 35.2 Å². The Morgan fingerprint density at radius 2 is 2.09 bits per heavy atom. The van der Waals surface area contributed by atoms with E-state index in [9.17, 15) is 19.1 Å². The molecule has 1 saturated heterocycles. The van der Waals surface area contributed by atoms with Gasteiger partial charge in [0.15, 0.2) is 0 Å². The molecule has 1 aromatic rings. The summed E-state index contributed by atoms with van der Waals surface area (Å²) in [5.41, 5.74) is 10.6. The van der Waals surface area contributed by atoms with E-state index in [-0.39, 0.29) is 67.6 Å². The number of nitrogens with one attached hydrogen (secondary N) is 2. The molecule has 2 amide bonds. The first-order valence-electron chi connectivity index (χ1n) is 14.3. The van der Waals surface area contributed by atoms with E-state index in [1.807, 2.05) is 0 Å². The predicted octanol–water partition coefficient (Wildman–Crippen LogP) is 0.511. The molecule has 0 radical (unpaired) electrons. The van der Waals surface area contributed by atoms with Crippen LogP contribution >= 0.6 is 21.6 Å². The molecule has 0 aromatic heterocycles. The van der Waals surface area contributed by atoms with Gasteiger partial charge in [-0.05, 0) is 24.6 Å². The van der Waals surface area contributed by atoms with Crippen molar-refractivity contribution in [3.63, 3.8) is 0 Å². The van der Waals surface area contributed by atoms with Crippen LogP contribution in [0.5, 0.6) is 5.75 Å². The van der Waals surface area contributed by atoms with Gasteiger partial charge in [0.2, 0.25) is 13.2 Å². The highest BCUT2D eigenvalue weighted by molar-refractivity contribution is 8.77. The second kappa shape index (κ2) is 20.9. The van der Waals surface area contributed by atoms with Crippen molar-refractivity contribution < 1.29 is 42.8 Å². The van der Waals surface area contributed by atoms with E-state index in [1.165, 1.54) is 10.8 Å². The average Bonchev–Trinajstić information content (AvgIpc) is 3.36. The lowest BCUT2D eigenvalue weighted by molar-refractivity contribution is -0.126. The van der Waals surface area contributed by atoms with Crippen molar-refractivity contribution in [2.45, 2.75) is 62.1 Å². The molecule has 12 nitrogen and oxygen atoms in total. The molecule has 44 heavy (non-hydrogen) atoms. The maximum Gasteiger partial charge on any atom is 0.253 e. The number of hydrogen-bond acceptors (Lipinski definition) is 12. The number of carbonyl (C=O) groups is 2. The summed E-state index contributed by atoms with van der Waals surface area (Å²) in [4.78, 5) is 24.3. The van der Waals surface area contributed by atoms with Crippen molar-refractivity contribution in [1.29, 1.82) is 0 Å². The zero-order valence-electron chi connectivity index (χ0n) is 25.4. The van der Waals surface area contributed by atoms with Gasteiger partial charge >= 0.3 is 0 Å². The summed E-state index contributed by atoms with van der Waals surface area (Å²) in [6.45, 7) is 5.45. The van der Waals surface area contributed by atoms with Crippen molar-refractivity contribution in [3.8, 4) is 17.5 Å². The SMILES string of the molecule is CC(C)(C)SSC(COc1cccc(C(=O)NCCN)c1)OCCOCC(=O)NCC#CB[C@H]1C[C@@H](O[C@@H](N)F)C(CO)O1. The highest BCUT2D eigenvalue weighted by atomic mass is 33.1. The quantitative estimate of drug-likeness (QED) is 0.0348. The van der Waals surface area contributed by atoms with Gasteiger partial charge in [0.1, 0.15) is 30.5 Å². The van der Waals surface area contributed by atoms with Gasteiger partial charge in [0.05, 0.1) is 32.5 Å². The van der Waals surface area contributed by atoms with E-state index in [0.29, 0.717) is 38.1 Å². The van der Waals surface area contributed by atoms with Crippen LogP contribution in [0, 0.1) is 11.7 Å².